The molecule has 1 amide bonds. The van der Waals surface area contributed by atoms with Crippen LogP contribution in [0.15, 0.2) is 15.7 Å². The molecular formula is C20H27N5O3. The molecule has 1 N–H and O–H groups in total. The first-order valence-electron chi connectivity index (χ1n) is 9.97. The second kappa shape index (κ2) is 7.16. The quantitative estimate of drug-likeness (QED) is 0.830. The lowest BCUT2D eigenvalue weighted by Gasteiger charge is -2.32. The van der Waals surface area contributed by atoms with Crippen LogP contribution in [-0.2, 0) is 14.1 Å². The molecule has 0 radical (unpaired) electrons. The first kappa shape index (κ1) is 18.9. The van der Waals surface area contributed by atoms with Crippen LogP contribution in [0.4, 0.5) is 0 Å². The van der Waals surface area contributed by atoms with E-state index in [-0.39, 0.29) is 22.8 Å². The Hall–Kier alpha value is -2.48. The number of hydrogen-bond donors (Lipinski definition) is 1. The van der Waals surface area contributed by atoms with Gasteiger partial charge in [0.1, 0.15) is 11.3 Å². The summed E-state index contributed by atoms with van der Waals surface area (Å²) in [6.45, 7) is 4.25. The van der Waals surface area contributed by atoms with Crippen LogP contribution in [0.3, 0.4) is 0 Å². The zero-order chi connectivity index (χ0) is 20.0. The SMILES string of the molecule is Cc1cc(C(=O)N2CCC(NCC3CC3)CC2)nc2c1c(=O)n(C)c(=O)n2C. The van der Waals surface area contributed by atoms with E-state index in [0.717, 1.165) is 29.9 Å². The molecule has 1 saturated carbocycles. The standard InChI is InChI=1S/C20H27N5O3/c1-12-10-15(22-17-16(12)19(27)24(3)20(28)23(17)2)18(26)25-8-6-14(7-9-25)21-11-13-4-5-13/h10,13-14,21H,4-9,11H2,1-3H3. The normalized spacial score (nSPS) is 18.0. The van der Waals surface area contributed by atoms with E-state index in [1.807, 2.05) is 4.90 Å². The second-order valence-corrected chi connectivity index (χ2v) is 8.15. The van der Waals surface area contributed by atoms with Gasteiger partial charge in [-0.25, -0.2) is 9.78 Å². The van der Waals surface area contributed by atoms with Crippen LogP contribution < -0.4 is 16.6 Å². The number of hydrogen-bond acceptors (Lipinski definition) is 5. The zero-order valence-electron chi connectivity index (χ0n) is 16.7. The van der Waals surface area contributed by atoms with Crippen molar-refractivity contribution in [2.45, 2.75) is 38.6 Å². The molecule has 0 spiro atoms. The van der Waals surface area contributed by atoms with Gasteiger partial charge in [-0.2, -0.15) is 0 Å². The highest BCUT2D eigenvalue weighted by molar-refractivity contribution is 5.95. The van der Waals surface area contributed by atoms with Gasteiger partial charge >= 0.3 is 5.69 Å². The van der Waals surface area contributed by atoms with E-state index >= 15 is 0 Å². The summed E-state index contributed by atoms with van der Waals surface area (Å²) in [5.41, 5.74) is 0.377. The molecule has 0 aromatic carbocycles. The first-order chi connectivity index (χ1) is 13.4. The van der Waals surface area contributed by atoms with Gasteiger partial charge in [-0.15, -0.1) is 0 Å². The van der Waals surface area contributed by atoms with Gasteiger partial charge in [0.05, 0.1) is 5.39 Å². The molecule has 150 valence electrons. The summed E-state index contributed by atoms with van der Waals surface area (Å²) >= 11 is 0. The van der Waals surface area contributed by atoms with Gasteiger partial charge < -0.3 is 10.2 Å². The molecular weight excluding hydrogens is 358 g/mol. The van der Waals surface area contributed by atoms with Crippen LogP contribution >= 0.6 is 0 Å². The number of aryl methyl sites for hydroxylation is 2. The van der Waals surface area contributed by atoms with Crippen LogP contribution in [0.1, 0.15) is 41.7 Å². The predicted octanol–water partition coefficient (Wildman–Crippen LogP) is 0.545. The fourth-order valence-electron chi connectivity index (χ4n) is 3.95. The molecule has 2 aromatic rings. The molecule has 2 aliphatic rings. The van der Waals surface area contributed by atoms with Crippen LogP contribution in [0, 0.1) is 12.8 Å². The van der Waals surface area contributed by atoms with Gasteiger partial charge in [-0.3, -0.25) is 18.7 Å². The number of amides is 1. The Kier molecular flexibility index (Phi) is 4.82. The number of piperidine rings is 1. The Bertz CT molecular complexity index is 1040. The maximum Gasteiger partial charge on any atom is 0.332 e. The second-order valence-electron chi connectivity index (χ2n) is 8.15. The molecule has 1 saturated heterocycles. The average Bonchev–Trinajstić information content (AvgIpc) is 3.53. The minimum absolute atomic E-state index is 0.140. The number of pyridine rings is 1. The Balaban J connectivity index is 1.56. The van der Waals surface area contributed by atoms with Crippen LogP contribution in [0.5, 0.6) is 0 Å². The van der Waals surface area contributed by atoms with E-state index in [4.69, 9.17) is 0 Å². The van der Waals surface area contributed by atoms with Crippen molar-refractivity contribution in [3.05, 3.63) is 38.2 Å². The molecule has 2 aromatic heterocycles. The molecule has 1 aliphatic heterocycles. The molecule has 0 unspecified atom stereocenters. The summed E-state index contributed by atoms with van der Waals surface area (Å²) in [6.07, 6.45) is 4.54. The molecule has 0 bridgehead atoms. The third-order valence-electron chi connectivity index (χ3n) is 6.00. The summed E-state index contributed by atoms with van der Waals surface area (Å²) in [5, 5.41) is 3.99. The van der Waals surface area contributed by atoms with Crippen LogP contribution in [-0.4, -0.2) is 50.6 Å². The lowest BCUT2D eigenvalue weighted by atomic mass is 10.0. The summed E-state index contributed by atoms with van der Waals surface area (Å²) in [7, 11) is 3.02. The topological polar surface area (TPSA) is 89.2 Å². The lowest BCUT2D eigenvalue weighted by Crippen LogP contribution is -2.45. The summed E-state index contributed by atoms with van der Waals surface area (Å²) in [4.78, 5) is 43.9. The van der Waals surface area contributed by atoms with Gasteiger partial charge in [0.2, 0.25) is 0 Å². The van der Waals surface area contributed by atoms with Gasteiger partial charge in [0.15, 0.2) is 0 Å². The van der Waals surface area contributed by atoms with Crippen molar-refractivity contribution in [2.24, 2.45) is 20.0 Å². The van der Waals surface area contributed by atoms with E-state index < -0.39 is 5.69 Å². The monoisotopic (exact) mass is 385 g/mol. The van der Waals surface area contributed by atoms with Gasteiger partial charge in [0.25, 0.3) is 11.5 Å². The highest BCUT2D eigenvalue weighted by Crippen LogP contribution is 2.28. The number of rotatable bonds is 4. The van der Waals surface area contributed by atoms with E-state index in [2.05, 4.69) is 10.3 Å². The van der Waals surface area contributed by atoms with Crippen molar-refractivity contribution < 1.29 is 4.79 Å². The van der Waals surface area contributed by atoms with Crippen molar-refractivity contribution >= 4 is 16.9 Å². The van der Waals surface area contributed by atoms with Crippen molar-refractivity contribution in [3.63, 3.8) is 0 Å². The number of fused-ring (bicyclic) bond motifs is 1. The Morgan fingerprint density at radius 1 is 1.14 bits per heavy atom. The molecule has 1 aliphatic carbocycles. The minimum Gasteiger partial charge on any atom is -0.337 e. The molecule has 28 heavy (non-hydrogen) atoms. The van der Waals surface area contributed by atoms with Crippen molar-refractivity contribution in [1.29, 1.82) is 0 Å². The number of carbonyl (C=O) groups is 1. The highest BCUT2D eigenvalue weighted by Gasteiger charge is 2.27. The van der Waals surface area contributed by atoms with E-state index in [9.17, 15) is 14.4 Å². The number of nitrogens with zero attached hydrogens (tertiary/aromatic N) is 4. The third kappa shape index (κ3) is 3.37. The predicted molar refractivity (Wildman–Crippen MR) is 107 cm³/mol. The number of carbonyl (C=O) groups excluding carboxylic acids is 1. The minimum atomic E-state index is -0.448. The van der Waals surface area contributed by atoms with Crippen LogP contribution in [0.25, 0.3) is 11.0 Å². The first-order valence-corrected chi connectivity index (χ1v) is 9.97. The lowest BCUT2D eigenvalue weighted by molar-refractivity contribution is 0.0699. The number of likely N-dealkylation sites (tertiary alicyclic amines) is 1. The average molecular weight is 385 g/mol. The fourth-order valence-corrected chi connectivity index (χ4v) is 3.95. The Morgan fingerprint density at radius 3 is 2.46 bits per heavy atom. The van der Waals surface area contributed by atoms with Crippen molar-refractivity contribution in [2.75, 3.05) is 19.6 Å². The highest BCUT2D eigenvalue weighted by atomic mass is 16.2. The van der Waals surface area contributed by atoms with Gasteiger partial charge in [-0.05, 0) is 56.7 Å². The Labute approximate surface area is 163 Å². The molecule has 8 nitrogen and oxygen atoms in total. The molecule has 3 heterocycles. The molecule has 8 heteroatoms. The fraction of sp³-hybridized carbons (Fsp3) is 0.600. The van der Waals surface area contributed by atoms with Gasteiger partial charge in [0, 0.05) is 33.2 Å². The summed E-state index contributed by atoms with van der Waals surface area (Å²) in [6, 6.07) is 2.13. The van der Waals surface area contributed by atoms with Crippen LogP contribution in [0.2, 0.25) is 0 Å². The van der Waals surface area contributed by atoms with E-state index in [0.29, 0.717) is 30.1 Å². The van der Waals surface area contributed by atoms with Crippen molar-refractivity contribution in [1.82, 2.24) is 24.3 Å². The van der Waals surface area contributed by atoms with Crippen molar-refractivity contribution in [3.8, 4) is 0 Å². The summed E-state index contributed by atoms with van der Waals surface area (Å²) in [5.74, 6) is 0.711. The Morgan fingerprint density at radius 2 is 1.82 bits per heavy atom. The number of nitrogens with one attached hydrogen (secondary N) is 1. The smallest absolute Gasteiger partial charge is 0.332 e. The van der Waals surface area contributed by atoms with E-state index in [1.54, 1.807) is 20.0 Å². The molecule has 0 atom stereocenters. The summed E-state index contributed by atoms with van der Waals surface area (Å²) < 4.78 is 2.40. The zero-order valence-corrected chi connectivity index (χ0v) is 16.7. The molecule has 4 rings (SSSR count). The maximum absolute atomic E-state index is 13.0. The van der Waals surface area contributed by atoms with E-state index in [1.165, 1.54) is 24.5 Å². The third-order valence-corrected chi connectivity index (χ3v) is 6.00. The number of aromatic nitrogens is 3. The maximum atomic E-state index is 13.0. The molecule has 2 fully saturated rings. The largest absolute Gasteiger partial charge is 0.337 e. The van der Waals surface area contributed by atoms with Gasteiger partial charge in [-0.1, -0.05) is 0 Å².